The molecule has 0 unspecified atom stereocenters. The van der Waals surface area contributed by atoms with Crippen LogP contribution in [0.4, 0.5) is 18.3 Å². The largest absolute Gasteiger partial charge is 0.416 e. The summed E-state index contributed by atoms with van der Waals surface area (Å²) >= 11 is 6.95. The summed E-state index contributed by atoms with van der Waals surface area (Å²) in [5.41, 5.74) is 0.439. The second-order valence-corrected chi connectivity index (χ2v) is 10.2. The van der Waals surface area contributed by atoms with Gasteiger partial charge in [0, 0.05) is 18.7 Å². The Bertz CT molecular complexity index is 1260. The molecule has 0 saturated carbocycles. The molecule has 12 heteroatoms. The van der Waals surface area contributed by atoms with Crippen molar-refractivity contribution >= 4 is 43.9 Å². The van der Waals surface area contributed by atoms with Gasteiger partial charge in [-0.25, -0.2) is 18.1 Å². The second kappa shape index (κ2) is 10.2. The maximum atomic E-state index is 12.7. The van der Waals surface area contributed by atoms with Gasteiger partial charge < -0.3 is 5.32 Å². The van der Waals surface area contributed by atoms with Crippen LogP contribution in [0.5, 0.6) is 0 Å². The van der Waals surface area contributed by atoms with E-state index in [2.05, 4.69) is 15.0 Å². The molecule has 0 bridgehead atoms. The molecule has 1 aromatic heterocycles. The highest BCUT2D eigenvalue weighted by Crippen LogP contribution is 2.33. The van der Waals surface area contributed by atoms with Crippen molar-refractivity contribution in [2.24, 2.45) is 0 Å². The summed E-state index contributed by atoms with van der Waals surface area (Å²) in [6.07, 6.45) is -2.78. The van der Waals surface area contributed by atoms with Crippen LogP contribution >= 0.6 is 22.9 Å². The Balaban J connectivity index is 1.51. The Labute approximate surface area is 197 Å². The van der Waals surface area contributed by atoms with Gasteiger partial charge in [0.2, 0.25) is 15.8 Å². The van der Waals surface area contributed by atoms with Crippen LogP contribution in [-0.4, -0.2) is 32.3 Å². The molecule has 2 N–H and O–H groups in total. The molecule has 0 spiro atoms. The van der Waals surface area contributed by atoms with Crippen LogP contribution in [0.3, 0.4) is 0 Å². The molecule has 0 aliphatic heterocycles. The molecule has 0 aliphatic carbocycles. The molecule has 6 nitrogen and oxygen atoms in total. The van der Waals surface area contributed by atoms with Crippen molar-refractivity contribution in [1.29, 1.82) is 0 Å². The van der Waals surface area contributed by atoms with Gasteiger partial charge >= 0.3 is 6.18 Å². The lowest BCUT2D eigenvalue weighted by Crippen LogP contribution is -2.26. The van der Waals surface area contributed by atoms with Crippen LogP contribution < -0.4 is 10.0 Å². The summed E-state index contributed by atoms with van der Waals surface area (Å²) in [4.78, 5) is 16.8. The van der Waals surface area contributed by atoms with Crippen LogP contribution in [-0.2, 0) is 16.2 Å². The average molecular weight is 518 g/mol. The third-order valence-electron chi connectivity index (χ3n) is 4.59. The highest BCUT2D eigenvalue weighted by atomic mass is 35.5. The van der Waals surface area contributed by atoms with E-state index in [4.69, 9.17) is 11.6 Å². The van der Waals surface area contributed by atoms with E-state index < -0.39 is 31.7 Å². The summed E-state index contributed by atoms with van der Waals surface area (Å²) < 4.78 is 65.2. The number of ketones is 1. The fraction of sp³-hybridized carbons (Fsp3) is 0.238. The zero-order chi connectivity index (χ0) is 24.2. The average Bonchev–Trinajstić information content (AvgIpc) is 3.21. The summed E-state index contributed by atoms with van der Waals surface area (Å²) in [6.45, 7) is 2.23. The lowest BCUT2D eigenvalue weighted by molar-refractivity contribution is -0.137. The predicted octanol–water partition coefficient (Wildman–Crippen LogP) is 5.14. The molecule has 2 aromatic carbocycles. The zero-order valence-electron chi connectivity index (χ0n) is 17.2. The minimum Gasteiger partial charge on any atom is -0.361 e. The van der Waals surface area contributed by atoms with Gasteiger partial charge in [0.25, 0.3) is 0 Å². The molecule has 0 amide bonds. The Morgan fingerprint density at radius 1 is 1.15 bits per heavy atom. The first-order chi connectivity index (χ1) is 15.5. The van der Waals surface area contributed by atoms with E-state index in [1.807, 2.05) is 19.1 Å². The number of hydrogen-bond acceptors (Lipinski definition) is 6. The summed E-state index contributed by atoms with van der Waals surface area (Å²) in [5, 5.41) is 3.02. The highest BCUT2D eigenvalue weighted by molar-refractivity contribution is 7.89. The van der Waals surface area contributed by atoms with Crippen molar-refractivity contribution in [2.75, 3.05) is 18.4 Å². The molecular weight excluding hydrogens is 499 g/mol. The molecule has 0 radical (unpaired) electrons. The van der Waals surface area contributed by atoms with Crippen LogP contribution in [0.2, 0.25) is 5.02 Å². The molecule has 0 aliphatic rings. The topological polar surface area (TPSA) is 88.2 Å². The Morgan fingerprint density at radius 2 is 1.88 bits per heavy atom. The molecule has 0 saturated heterocycles. The van der Waals surface area contributed by atoms with Gasteiger partial charge in [-0.05, 0) is 37.1 Å². The molecule has 33 heavy (non-hydrogen) atoms. The molecule has 176 valence electrons. The number of rotatable bonds is 9. The second-order valence-electron chi connectivity index (χ2n) is 6.99. The number of hydrogen-bond donors (Lipinski definition) is 2. The normalized spacial score (nSPS) is 12.0. The molecular formula is C21H19ClF3N3O3S2. The first-order valence-electron chi connectivity index (χ1n) is 9.65. The molecule has 1 heterocycles. The number of benzene rings is 2. The van der Waals surface area contributed by atoms with Gasteiger partial charge in [-0.1, -0.05) is 47.2 Å². The maximum absolute atomic E-state index is 12.7. The standard InChI is InChI=1S/C21H19ClF3N3O3S2/c1-13-5-2-3-6-15(13)19(29)17-12-27-20(32-17)26-9-4-10-28-33(30,31)18-8-7-14(11-16(18)22)21(23,24)25/h2-3,5-8,11-12,28H,4,9-10H2,1H3,(H,26,27). The van der Waals surface area contributed by atoms with E-state index in [0.29, 0.717) is 40.7 Å². The summed E-state index contributed by atoms with van der Waals surface area (Å²) in [5.74, 6) is -0.125. The number of aryl methyl sites for hydroxylation is 1. The zero-order valence-corrected chi connectivity index (χ0v) is 19.6. The van der Waals surface area contributed by atoms with Gasteiger partial charge in [-0.15, -0.1) is 0 Å². The SMILES string of the molecule is Cc1ccccc1C(=O)c1cnc(NCCCNS(=O)(=O)c2ccc(C(F)(F)F)cc2Cl)s1. The van der Waals surface area contributed by atoms with E-state index >= 15 is 0 Å². The molecule has 0 atom stereocenters. The number of alkyl halides is 3. The van der Waals surface area contributed by atoms with Crippen molar-refractivity contribution in [3.63, 3.8) is 0 Å². The van der Waals surface area contributed by atoms with Gasteiger partial charge in [-0.2, -0.15) is 13.2 Å². The Hall–Kier alpha value is -2.47. The lowest BCUT2D eigenvalue weighted by Gasteiger charge is -2.11. The number of anilines is 1. The van der Waals surface area contributed by atoms with Crippen molar-refractivity contribution in [3.8, 4) is 0 Å². The number of aromatic nitrogens is 1. The first kappa shape index (κ1) is 25.2. The van der Waals surface area contributed by atoms with Crippen molar-refractivity contribution < 1.29 is 26.4 Å². The summed E-state index contributed by atoms with van der Waals surface area (Å²) in [6, 6.07) is 9.32. The summed E-state index contributed by atoms with van der Waals surface area (Å²) in [7, 11) is -4.07. The fourth-order valence-corrected chi connectivity index (χ4v) is 5.30. The number of sulfonamides is 1. The van der Waals surface area contributed by atoms with Crippen molar-refractivity contribution in [2.45, 2.75) is 24.4 Å². The minimum absolute atomic E-state index is 0.0209. The van der Waals surface area contributed by atoms with Gasteiger partial charge in [-0.3, -0.25) is 4.79 Å². The van der Waals surface area contributed by atoms with Crippen LogP contribution in [0, 0.1) is 6.92 Å². The lowest BCUT2D eigenvalue weighted by atomic mass is 10.0. The third-order valence-corrected chi connectivity index (χ3v) is 7.49. The third kappa shape index (κ3) is 6.32. The smallest absolute Gasteiger partial charge is 0.361 e. The van der Waals surface area contributed by atoms with Crippen LogP contribution in [0.1, 0.15) is 32.8 Å². The monoisotopic (exact) mass is 517 g/mol. The number of nitrogens with zero attached hydrogens (tertiary/aromatic N) is 1. The van der Waals surface area contributed by atoms with E-state index in [9.17, 15) is 26.4 Å². The van der Waals surface area contributed by atoms with Gasteiger partial charge in [0.15, 0.2) is 5.13 Å². The number of nitrogens with one attached hydrogen (secondary N) is 2. The van der Waals surface area contributed by atoms with Crippen molar-refractivity contribution in [3.05, 3.63) is 75.3 Å². The molecule has 3 aromatic rings. The van der Waals surface area contributed by atoms with E-state index in [1.54, 1.807) is 12.1 Å². The van der Waals surface area contributed by atoms with E-state index in [0.717, 1.165) is 11.6 Å². The van der Waals surface area contributed by atoms with Crippen molar-refractivity contribution in [1.82, 2.24) is 9.71 Å². The number of carbonyl (C=O) groups is 1. The Morgan fingerprint density at radius 3 is 2.55 bits per heavy atom. The van der Waals surface area contributed by atoms with Gasteiger partial charge in [0.05, 0.1) is 21.7 Å². The molecule has 0 fully saturated rings. The van der Waals surface area contributed by atoms with Crippen LogP contribution in [0.25, 0.3) is 0 Å². The van der Waals surface area contributed by atoms with E-state index in [1.165, 1.54) is 17.5 Å². The maximum Gasteiger partial charge on any atom is 0.416 e. The van der Waals surface area contributed by atoms with Crippen LogP contribution in [0.15, 0.2) is 53.6 Å². The molecule has 3 rings (SSSR count). The predicted molar refractivity (Wildman–Crippen MR) is 121 cm³/mol. The fourth-order valence-electron chi connectivity index (χ4n) is 2.88. The van der Waals surface area contributed by atoms with Gasteiger partial charge in [0.1, 0.15) is 4.90 Å². The Kier molecular flexibility index (Phi) is 7.78. The quantitative estimate of drug-likeness (QED) is 0.303. The number of thiazole rings is 1. The van der Waals surface area contributed by atoms with E-state index in [-0.39, 0.29) is 12.3 Å². The highest BCUT2D eigenvalue weighted by Gasteiger charge is 2.32. The number of carbonyl (C=O) groups excluding carboxylic acids is 1. The first-order valence-corrected chi connectivity index (χ1v) is 12.3. The minimum atomic E-state index is -4.62. The number of halogens is 4.